The van der Waals surface area contributed by atoms with Gasteiger partial charge in [-0.25, -0.2) is 0 Å². The summed E-state index contributed by atoms with van der Waals surface area (Å²) in [6, 6.07) is 12.5. The quantitative estimate of drug-likeness (QED) is 0.678. The van der Waals surface area contributed by atoms with Gasteiger partial charge in [0.1, 0.15) is 0 Å². The zero-order valence-corrected chi connectivity index (χ0v) is 10.3. The number of pyridine rings is 2. The Bertz CT molecular complexity index is 675. The van der Waals surface area contributed by atoms with Crippen LogP contribution >= 0.6 is 0 Å². The Morgan fingerprint density at radius 3 is 2.44 bits per heavy atom. The molecule has 0 unspecified atom stereocenters. The monoisotopic (exact) mass is 234 g/mol. The smallest absolute Gasteiger partial charge is 0.0451 e. The van der Waals surface area contributed by atoms with E-state index < -0.39 is 0 Å². The molecule has 2 heterocycles. The van der Waals surface area contributed by atoms with E-state index in [1.807, 2.05) is 18.6 Å². The van der Waals surface area contributed by atoms with Crippen molar-refractivity contribution >= 4 is 10.8 Å². The fourth-order valence-corrected chi connectivity index (χ4v) is 2.25. The Morgan fingerprint density at radius 2 is 1.67 bits per heavy atom. The first-order valence-electron chi connectivity index (χ1n) is 6.07. The van der Waals surface area contributed by atoms with Crippen molar-refractivity contribution in [3.05, 3.63) is 71.8 Å². The highest BCUT2D eigenvalue weighted by Gasteiger charge is 2.04. The van der Waals surface area contributed by atoms with Crippen molar-refractivity contribution in [2.45, 2.75) is 13.3 Å². The van der Waals surface area contributed by atoms with Crippen LogP contribution in [0.25, 0.3) is 10.8 Å². The Labute approximate surface area is 106 Å². The average Bonchev–Trinajstić information content (AvgIpc) is 2.44. The summed E-state index contributed by atoms with van der Waals surface area (Å²) >= 11 is 0. The first kappa shape index (κ1) is 10.9. The first-order chi connectivity index (χ1) is 8.84. The molecule has 2 heteroatoms. The van der Waals surface area contributed by atoms with Crippen LogP contribution in [0.3, 0.4) is 0 Å². The van der Waals surface area contributed by atoms with Crippen LogP contribution in [0.15, 0.2) is 55.0 Å². The predicted molar refractivity (Wildman–Crippen MR) is 73.5 cm³/mol. The van der Waals surface area contributed by atoms with E-state index >= 15 is 0 Å². The SMILES string of the molecule is Cc1ncc(Cc2ccncc2)c2ccccc12. The second-order valence-electron chi connectivity index (χ2n) is 4.45. The van der Waals surface area contributed by atoms with Gasteiger partial charge in [0, 0.05) is 29.7 Å². The molecule has 0 bridgehead atoms. The lowest BCUT2D eigenvalue weighted by Gasteiger charge is -2.08. The van der Waals surface area contributed by atoms with Crippen molar-refractivity contribution in [1.29, 1.82) is 0 Å². The van der Waals surface area contributed by atoms with Gasteiger partial charge in [0.15, 0.2) is 0 Å². The van der Waals surface area contributed by atoms with Gasteiger partial charge >= 0.3 is 0 Å². The molecule has 0 aliphatic carbocycles. The summed E-state index contributed by atoms with van der Waals surface area (Å²) in [4.78, 5) is 8.54. The van der Waals surface area contributed by atoms with Crippen LogP contribution in [0.5, 0.6) is 0 Å². The van der Waals surface area contributed by atoms with Gasteiger partial charge < -0.3 is 0 Å². The minimum Gasteiger partial charge on any atom is -0.265 e. The van der Waals surface area contributed by atoms with Crippen molar-refractivity contribution in [2.24, 2.45) is 0 Å². The minimum absolute atomic E-state index is 0.899. The second-order valence-corrected chi connectivity index (χ2v) is 4.45. The standard InChI is InChI=1S/C16H14N2/c1-12-15-4-2-3-5-16(15)14(11-18-12)10-13-6-8-17-9-7-13/h2-9,11H,10H2,1H3. The Hall–Kier alpha value is -2.22. The maximum atomic E-state index is 4.49. The molecule has 0 amide bonds. The zero-order chi connectivity index (χ0) is 12.4. The molecule has 1 aromatic carbocycles. The predicted octanol–water partition coefficient (Wildman–Crippen LogP) is 3.53. The molecular weight excluding hydrogens is 220 g/mol. The molecule has 3 rings (SSSR count). The van der Waals surface area contributed by atoms with Crippen molar-refractivity contribution < 1.29 is 0 Å². The lowest BCUT2D eigenvalue weighted by atomic mass is 10.0. The molecule has 0 N–H and O–H groups in total. The van der Waals surface area contributed by atoms with E-state index in [4.69, 9.17) is 0 Å². The molecule has 2 nitrogen and oxygen atoms in total. The van der Waals surface area contributed by atoms with E-state index in [2.05, 4.69) is 53.3 Å². The fourth-order valence-electron chi connectivity index (χ4n) is 2.25. The van der Waals surface area contributed by atoms with E-state index in [-0.39, 0.29) is 0 Å². The highest BCUT2D eigenvalue weighted by Crippen LogP contribution is 2.22. The molecular formula is C16H14N2. The van der Waals surface area contributed by atoms with Crippen LogP contribution in [0, 0.1) is 6.92 Å². The number of nitrogens with zero attached hydrogens (tertiary/aromatic N) is 2. The fraction of sp³-hybridized carbons (Fsp3) is 0.125. The molecule has 18 heavy (non-hydrogen) atoms. The third kappa shape index (κ3) is 1.97. The normalized spacial score (nSPS) is 10.7. The third-order valence-corrected chi connectivity index (χ3v) is 3.22. The maximum absolute atomic E-state index is 4.49. The number of fused-ring (bicyclic) bond motifs is 1. The first-order valence-corrected chi connectivity index (χ1v) is 6.07. The van der Waals surface area contributed by atoms with Crippen LogP contribution in [-0.4, -0.2) is 9.97 Å². The summed E-state index contributed by atoms with van der Waals surface area (Å²) < 4.78 is 0. The topological polar surface area (TPSA) is 25.8 Å². The average molecular weight is 234 g/mol. The number of aromatic nitrogens is 2. The van der Waals surface area contributed by atoms with Crippen molar-refractivity contribution in [3.8, 4) is 0 Å². The number of hydrogen-bond acceptors (Lipinski definition) is 2. The number of hydrogen-bond donors (Lipinski definition) is 0. The lowest BCUT2D eigenvalue weighted by molar-refractivity contribution is 1.13. The Balaban J connectivity index is 2.10. The third-order valence-electron chi connectivity index (χ3n) is 3.22. The van der Waals surface area contributed by atoms with Crippen LogP contribution < -0.4 is 0 Å². The summed E-state index contributed by atoms with van der Waals surface area (Å²) in [6.45, 7) is 2.05. The summed E-state index contributed by atoms with van der Waals surface area (Å²) in [7, 11) is 0. The van der Waals surface area contributed by atoms with Crippen molar-refractivity contribution in [2.75, 3.05) is 0 Å². The number of rotatable bonds is 2. The molecule has 0 atom stereocenters. The largest absolute Gasteiger partial charge is 0.265 e. The Kier molecular flexibility index (Phi) is 2.77. The molecule has 3 aromatic rings. The van der Waals surface area contributed by atoms with Gasteiger partial charge in [-0.05, 0) is 42.0 Å². The molecule has 0 fully saturated rings. The summed E-state index contributed by atoms with van der Waals surface area (Å²) in [5.41, 5.74) is 3.62. The lowest BCUT2D eigenvalue weighted by Crippen LogP contribution is -1.94. The highest BCUT2D eigenvalue weighted by atomic mass is 14.7. The highest BCUT2D eigenvalue weighted by molar-refractivity contribution is 5.87. The van der Waals surface area contributed by atoms with Gasteiger partial charge in [-0.3, -0.25) is 9.97 Å². The van der Waals surface area contributed by atoms with Crippen LogP contribution in [0.4, 0.5) is 0 Å². The number of benzene rings is 1. The van der Waals surface area contributed by atoms with Crippen molar-refractivity contribution in [1.82, 2.24) is 9.97 Å². The molecule has 0 aliphatic heterocycles. The summed E-state index contributed by atoms with van der Waals surface area (Å²) in [5.74, 6) is 0. The molecule has 0 saturated heterocycles. The van der Waals surface area contributed by atoms with Gasteiger partial charge in [0.25, 0.3) is 0 Å². The Morgan fingerprint density at radius 1 is 0.944 bits per heavy atom. The number of aryl methyl sites for hydroxylation is 1. The van der Waals surface area contributed by atoms with Crippen LogP contribution in [0.2, 0.25) is 0 Å². The molecule has 0 radical (unpaired) electrons. The second kappa shape index (κ2) is 4.57. The molecule has 0 spiro atoms. The minimum atomic E-state index is 0.899. The van der Waals surface area contributed by atoms with E-state index in [1.165, 1.54) is 21.9 Å². The van der Waals surface area contributed by atoms with Gasteiger partial charge in [0.05, 0.1) is 0 Å². The van der Waals surface area contributed by atoms with Gasteiger partial charge in [0.2, 0.25) is 0 Å². The zero-order valence-electron chi connectivity index (χ0n) is 10.3. The molecule has 0 aliphatic rings. The van der Waals surface area contributed by atoms with E-state index in [1.54, 1.807) is 0 Å². The maximum Gasteiger partial charge on any atom is 0.0451 e. The summed E-state index contributed by atoms with van der Waals surface area (Å²) in [6.07, 6.45) is 6.55. The summed E-state index contributed by atoms with van der Waals surface area (Å²) in [5, 5.41) is 2.53. The van der Waals surface area contributed by atoms with E-state index in [9.17, 15) is 0 Å². The van der Waals surface area contributed by atoms with Crippen LogP contribution in [-0.2, 0) is 6.42 Å². The van der Waals surface area contributed by atoms with Gasteiger partial charge in [-0.15, -0.1) is 0 Å². The van der Waals surface area contributed by atoms with Gasteiger partial charge in [-0.1, -0.05) is 24.3 Å². The molecule has 2 aromatic heterocycles. The molecule has 88 valence electrons. The van der Waals surface area contributed by atoms with Gasteiger partial charge in [-0.2, -0.15) is 0 Å². The van der Waals surface area contributed by atoms with E-state index in [0.717, 1.165) is 12.1 Å². The van der Waals surface area contributed by atoms with Crippen molar-refractivity contribution in [3.63, 3.8) is 0 Å². The van der Waals surface area contributed by atoms with Crippen LogP contribution in [0.1, 0.15) is 16.8 Å². The van der Waals surface area contributed by atoms with E-state index in [0.29, 0.717) is 0 Å². The molecule has 0 saturated carbocycles.